The Hall–Kier alpha value is -3.18. The van der Waals surface area contributed by atoms with Crippen LogP contribution >= 0.6 is 0 Å². The molecule has 0 aromatic heterocycles. The monoisotopic (exact) mass is 346 g/mol. The van der Waals surface area contributed by atoms with Crippen LogP contribution in [0.15, 0.2) is 47.4 Å². The van der Waals surface area contributed by atoms with Gasteiger partial charge in [0.15, 0.2) is 16.4 Å². The first kappa shape index (κ1) is 17.2. The first-order valence-electron chi connectivity index (χ1n) is 6.66. The third-order valence-electron chi connectivity index (χ3n) is 3.04. The Morgan fingerprint density at radius 3 is 2.38 bits per heavy atom. The number of anilines is 1. The maximum absolute atomic E-state index is 12.3. The number of nitrogens with zero attached hydrogens (tertiary/aromatic N) is 1. The zero-order chi connectivity index (χ0) is 17.7. The molecule has 3 N–H and O–H groups in total. The van der Waals surface area contributed by atoms with E-state index >= 15 is 0 Å². The van der Waals surface area contributed by atoms with Crippen LogP contribution in [0.1, 0.15) is 5.56 Å². The Kier molecular flexibility index (Phi) is 4.96. The quantitative estimate of drug-likeness (QED) is 0.565. The summed E-state index contributed by atoms with van der Waals surface area (Å²) in [6.07, 6.45) is 1.09. The SMILES string of the molecule is COc1ccc(NS(=O)(=O)/C(C#N)=C\c2ccc(O)c(O)c2)cc1. The van der Waals surface area contributed by atoms with Crippen LogP contribution in [0.4, 0.5) is 5.69 Å². The second-order valence-corrected chi connectivity index (χ2v) is 6.35. The molecule has 24 heavy (non-hydrogen) atoms. The van der Waals surface area contributed by atoms with Gasteiger partial charge in [-0.15, -0.1) is 0 Å². The molecule has 0 bridgehead atoms. The molecule has 2 rings (SSSR count). The number of aromatic hydroxyl groups is 2. The number of phenolic OH excluding ortho intramolecular Hbond substituents is 2. The number of methoxy groups -OCH3 is 1. The molecule has 2 aromatic rings. The molecule has 0 amide bonds. The lowest BCUT2D eigenvalue weighted by molar-refractivity contribution is 0.403. The molecule has 0 atom stereocenters. The van der Waals surface area contributed by atoms with E-state index in [1.807, 2.05) is 0 Å². The van der Waals surface area contributed by atoms with Crippen LogP contribution in [0, 0.1) is 11.3 Å². The largest absolute Gasteiger partial charge is 0.504 e. The first-order valence-corrected chi connectivity index (χ1v) is 8.14. The van der Waals surface area contributed by atoms with Crippen molar-refractivity contribution < 1.29 is 23.4 Å². The highest BCUT2D eigenvalue weighted by atomic mass is 32.2. The second-order valence-electron chi connectivity index (χ2n) is 4.70. The molecule has 0 saturated carbocycles. The van der Waals surface area contributed by atoms with E-state index in [0.717, 1.165) is 12.1 Å². The van der Waals surface area contributed by atoms with Gasteiger partial charge in [-0.1, -0.05) is 6.07 Å². The van der Waals surface area contributed by atoms with Gasteiger partial charge in [-0.05, 0) is 48.0 Å². The summed E-state index contributed by atoms with van der Waals surface area (Å²) in [4.78, 5) is -0.539. The maximum Gasteiger partial charge on any atom is 0.272 e. The molecule has 0 aliphatic carbocycles. The standard InChI is InChI=1S/C16H14N2O5S/c1-23-13-5-3-12(4-6-13)18-24(21,22)14(10-17)8-11-2-7-15(19)16(20)9-11/h2-9,18-20H,1H3/b14-8-. The Morgan fingerprint density at radius 2 is 1.83 bits per heavy atom. The van der Waals surface area contributed by atoms with E-state index in [1.54, 1.807) is 18.2 Å². The molecular formula is C16H14N2O5S. The van der Waals surface area contributed by atoms with Crippen molar-refractivity contribution in [2.75, 3.05) is 11.8 Å². The molecule has 0 spiro atoms. The van der Waals surface area contributed by atoms with Gasteiger partial charge in [0, 0.05) is 5.69 Å². The Balaban J connectivity index is 2.31. The predicted octanol–water partition coefficient (Wildman–Crippen LogP) is 2.41. The normalized spacial score (nSPS) is 11.6. The summed E-state index contributed by atoms with van der Waals surface area (Å²) >= 11 is 0. The highest BCUT2D eigenvalue weighted by Crippen LogP contribution is 2.27. The number of phenols is 2. The van der Waals surface area contributed by atoms with Crippen molar-refractivity contribution in [1.29, 1.82) is 5.26 Å². The Labute approximate surface area is 139 Å². The summed E-state index contributed by atoms with van der Waals surface area (Å²) in [7, 11) is -2.61. The van der Waals surface area contributed by atoms with E-state index in [2.05, 4.69) is 4.72 Å². The number of nitriles is 1. The lowest BCUT2D eigenvalue weighted by atomic mass is 10.2. The van der Waals surface area contributed by atoms with E-state index < -0.39 is 20.7 Å². The molecule has 7 nitrogen and oxygen atoms in total. The van der Waals surface area contributed by atoms with Crippen molar-refractivity contribution in [2.45, 2.75) is 0 Å². The number of nitrogens with one attached hydrogen (secondary N) is 1. The molecule has 8 heteroatoms. The van der Waals surface area contributed by atoms with Crippen molar-refractivity contribution >= 4 is 21.8 Å². The molecule has 0 fully saturated rings. The minimum atomic E-state index is -4.10. The molecule has 0 unspecified atom stereocenters. The number of rotatable bonds is 5. The van der Waals surface area contributed by atoms with E-state index in [1.165, 1.54) is 31.4 Å². The number of hydrogen-bond acceptors (Lipinski definition) is 6. The Bertz CT molecular complexity index is 912. The fourth-order valence-corrected chi connectivity index (χ4v) is 2.79. The average Bonchev–Trinajstić information content (AvgIpc) is 2.56. The molecule has 0 saturated heterocycles. The van der Waals surface area contributed by atoms with Crippen LogP contribution in [0.25, 0.3) is 6.08 Å². The van der Waals surface area contributed by atoms with Gasteiger partial charge in [0.05, 0.1) is 7.11 Å². The summed E-state index contributed by atoms with van der Waals surface area (Å²) in [5.41, 5.74) is 0.521. The van der Waals surface area contributed by atoms with Crippen LogP contribution in [0.5, 0.6) is 17.2 Å². The fraction of sp³-hybridized carbons (Fsp3) is 0.0625. The fourth-order valence-electron chi connectivity index (χ4n) is 1.82. The van der Waals surface area contributed by atoms with Gasteiger partial charge in [-0.3, -0.25) is 4.72 Å². The zero-order valence-electron chi connectivity index (χ0n) is 12.6. The summed E-state index contributed by atoms with van der Waals surface area (Å²) in [5.74, 6) is -0.194. The maximum atomic E-state index is 12.3. The van der Waals surface area contributed by atoms with E-state index in [4.69, 9.17) is 10.00 Å². The number of sulfonamides is 1. The van der Waals surface area contributed by atoms with Gasteiger partial charge in [-0.25, -0.2) is 8.42 Å². The van der Waals surface area contributed by atoms with Gasteiger partial charge in [0.1, 0.15) is 11.8 Å². The van der Waals surface area contributed by atoms with Gasteiger partial charge in [0.25, 0.3) is 10.0 Å². The van der Waals surface area contributed by atoms with Crippen LogP contribution in [0.2, 0.25) is 0 Å². The summed E-state index contributed by atoms with van der Waals surface area (Å²) in [6.45, 7) is 0. The van der Waals surface area contributed by atoms with Crippen LogP contribution < -0.4 is 9.46 Å². The van der Waals surface area contributed by atoms with Gasteiger partial charge in [0.2, 0.25) is 0 Å². The van der Waals surface area contributed by atoms with Crippen molar-refractivity contribution in [3.63, 3.8) is 0 Å². The van der Waals surface area contributed by atoms with Crippen LogP contribution in [-0.2, 0) is 10.0 Å². The van der Waals surface area contributed by atoms with Crippen LogP contribution in [-0.4, -0.2) is 25.7 Å². The minimum absolute atomic E-state index is 0.252. The third kappa shape index (κ3) is 3.97. The van der Waals surface area contributed by atoms with E-state index in [9.17, 15) is 18.6 Å². The number of ether oxygens (including phenoxy) is 1. The van der Waals surface area contributed by atoms with Gasteiger partial charge < -0.3 is 14.9 Å². The number of hydrogen-bond donors (Lipinski definition) is 3. The second kappa shape index (κ2) is 6.93. The summed E-state index contributed by atoms with van der Waals surface area (Å²) < 4.78 is 31.9. The van der Waals surface area contributed by atoms with E-state index in [-0.39, 0.29) is 17.0 Å². The molecule has 0 aliphatic rings. The minimum Gasteiger partial charge on any atom is -0.504 e. The van der Waals surface area contributed by atoms with Crippen molar-refractivity contribution in [2.24, 2.45) is 0 Å². The summed E-state index contributed by atoms with van der Waals surface area (Å²) in [6, 6.07) is 11.5. The third-order valence-corrected chi connectivity index (χ3v) is 4.33. The van der Waals surface area contributed by atoms with Crippen molar-refractivity contribution in [1.82, 2.24) is 0 Å². The lowest BCUT2D eigenvalue weighted by Crippen LogP contribution is -2.14. The molecule has 0 radical (unpaired) electrons. The predicted molar refractivity (Wildman–Crippen MR) is 88.9 cm³/mol. The topological polar surface area (TPSA) is 120 Å². The zero-order valence-corrected chi connectivity index (χ0v) is 13.4. The van der Waals surface area contributed by atoms with Gasteiger partial charge >= 0.3 is 0 Å². The molecule has 0 heterocycles. The molecule has 2 aromatic carbocycles. The molecule has 0 aliphatic heterocycles. The number of allylic oxidation sites excluding steroid dienone is 1. The van der Waals surface area contributed by atoms with Crippen molar-refractivity contribution in [3.8, 4) is 23.3 Å². The number of benzene rings is 2. The van der Waals surface area contributed by atoms with Crippen molar-refractivity contribution in [3.05, 3.63) is 52.9 Å². The van der Waals surface area contributed by atoms with Crippen LogP contribution in [0.3, 0.4) is 0 Å². The first-order chi connectivity index (χ1) is 11.4. The molecule has 124 valence electrons. The van der Waals surface area contributed by atoms with Gasteiger partial charge in [-0.2, -0.15) is 5.26 Å². The Morgan fingerprint density at radius 1 is 1.17 bits per heavy atom. The average molecular weight is 346 g/mol. The smallest absolute Gasteiger partial charge is 0.272 e. The molecular weight excluding hydrogens is 332 g/mol. The summed E-state index contributed by atoms with van der Waals surface area (Å²) in [5, 5.41) is 27.8. The van der Waals surface area contributed by atoms with E-state index in [0.29, 0.717) is 5.75 Å². The highest BCUT2D eigenvalue weighted by molar-refractivity contribution is 7.96. The highest BCUT2D eigenvalue weighted by Gasteiger charge is 2.18. The lowest BCUT2D eigenvalue weighted by Gasteiger charge is -2.08.